The molecule has 4 rings (SSSR count). The number of thiazole rings is 1. The van der Waals surface area contributed by atoms with Crippen LogP contribution in [-0.2, 0) is 0 Å². The number of aryl methyl sites for hydroxylation is 1. The van der Waals surface area contributed by atoms with Gasteiger partial charge in [0, 0.05) is 6.54 Å². The quantitative estimate of drug-likeness (QED) is 0.848. The molecule has 23 heavy (non-hydrogen) atoms. The van der Waals surface area contributed by atoms with Gasteiger partial charge in [-0.3, -0.25) is 4.79 Å². The van der Waals surface area contributed by atoms with E-state index < -0.39 is 0 Å². The molecule has 1 amide bonds. The molecule has 0 aliphatic carbocycles. The summed E-state index contributed by atoms with van der Waals surface area (Å²) in [7, 11) is 0. The fourth-order valence-electron chi connectivity index (χ4n) is 3.26. The van der Waals surface area contributed by atoms with E-state index in [4.69, 9.17) is 9.47 Å². The fourth-order valence-corrected chi connectivity index (χ4v) is 4.02. The lowest BCUT2D eigenvalue weighted by molar-refractivity contribution is 0.0739. The van der Waals surface area contributed by atoms with Gasteiger partial charge in [-0.05, 0) is 37.5 Å². The van der Waals surface area contributed by atoms with Crippen molar-refractivity contribution < 1.29 is 14.3 Å². The minimum atomic E-state index is 0.0855. The highest BCUT2D eigenvalue weighted by molar-refractivity contribution is 7.11. The standard InChI is InChI=1S/C17H18N2O3S/c1-11-16(23-10-18-11)17(20)19-6-2-3-13(19)12-4-5-14-15(9-12)22-8-7-21-14/h4-5,9-10,13H,2-3,6-8H2,1H3/t13-/m1/s1. The number of hydrogen-bond acceptors (Lipinski definition) is 5. The van der Waals surface area contributed by atoms with E-state index in [-0.39, 0.29) is 11.9 Å². The molecule has 120 valence electrons. The molecule has 3 heterocycles. The molecule has 0 spiro atoms. The SMILES string of the molecule is Cc1ncsc1C(=O)N1CCC[C@@H]1c1ccc2c(c1)OCCO2. The Balaban J connectivity index is 1.63. The highest BCUT2D eigenvalue weighted by atomic mass is 32.1. The summed E-state index contributed by atoms with van der Waals surface area (Å²) in [5, 5.41) is 0. The highest BCUT2D eigenvalue weighted by Crippen LogP contribution is 2.39. The maximum atomic E-state index is 12.8. The zero-order chi connectivity index (χ0) is 15.8. The Hall–Kier alpha value is -2.08. The van der Waals surface area contributed by atoms with Crippen LogP contribution >= 0.6 is 11.3 Å². The molecule has 2 aliphatic rings. The average molecular weight is 330 g/mol. The Bertz CT molecular complexity index is 743. The Morgan fingerprint density at radius 1 is 1.30 bits per heavy atom. The first-order chi connectivity index (χ1) is 11.2. The first kappa shape index (κ1) is 14.5. The fraction of sp³-hybridized carbons (Fsp3) is 0.412. The topological polar surface area (TPSA) is 51.7 Å². The number of nitrogens with zero attached hydrogens (tertiary/aromatic N) is 2. The maximum Gasteiger partial charge on any atom is 0.266 e. The van der Waals surface area contributed by atoms with Crippen molar-refractivity contribution in [3.05, 3.63) is 39.8 Å². The van der Waals surface area contributed by atoms with E-state index in [0.717, 1.165) is 47.0 Å². The van der Waals surface area contributed by atoms with Crippen molar-refractivity contribution in [2.75, 3.05) is 19.8 Å². The molecule has 6 heteroatoms. The number of aromatic nitrogens is 1. The second-order valence-corrected chi connectivity index (χ2v) is 6.68. The van der Waals surface area contributed by atoms with Crippen LogP contribution in [0, 0.1) is 6.92 Å². The van der Waals surface area contributed by atoms with Crippen molar-refractivity contribution in [3.63, 3.8) is 0 Å². The third-order valence-electron chi connectivity index (χ3n) is 4.40. The summed E-state index contributed by atoms with van der Waals surface area (Å²) < 4.78 is 11.3. The third-order valence-corrected chi connectivity index (χ3v) is 5.32. The lowest BCUT2D eigenvalue weighted by atomic mass is 10.0. The molecular formula is C17H18N2O3S. The van der Waals surface area contributed by atoms with Crippen LogP contribution in [0.1, 0.15) is 39.8 Å². The van der Waals surface area contributed by atoms with Gasteiger partial charge < -0.3 is 14.4 Å². The smallest absolute Gasteiger partial charge is 0.266 e. The zero-order valence-corrected chi connectivity index (χ0v) is 13.8. The van der Waals surface area contributed by atoms with E-state index in [1.54, 1.807) is 5.51 Å². The number of likely N-dealkylation sites (tertiary alicyclic amines) is 1. The van der Waals surface area contributed by atoms with Crippen molar-refractivity contribution in [2.24, 2.45) is 0 Å². The predicted octanol–water partition coefficient (Wildman–Crippen LogP) is 3.20. The lowest BCUT2D eigenvalue weighted by Crippen LogP contribution is -2.30. The van der Waals surface area contributed by atoms with Crippen LogP contribution in [0.25, 0.3) is 0 Å². The largest absolute Gasteiger partial charge is 0.486 e. The van der Waals surface area contributed by atoms with Crippen molar-refractivity contribution in [1.82, 2.24) is 9.88 Å². The molecule has 0 unspecified atom stereocenters. The number of carbonyl (C=O) groups excluding carboxylic acids is 1. The van der Waals surface area contributed by atoms with Crippen LogP contribution in [0.2, 0.25) is 0 Å². The molecule has 1 aromatic carbocycles. The monoisotopic (exact) mass is 330 g/mol. The van der Waals surface area contributed by atoms with Gasteiger partial charge in [-0.15, -0.1) is 11.3 Å². The van der Waals surface area contributed by atoms with Crippen molar-refractivity contribution in [1.29, 1.82) is 0 Å². The predicted molar refractivity (Wildman–Crippen MR) is 87.3 cm³/mol. The second-order valence-electron chi connectivity index (χ2n) is 5.83. The maximum absolute atomic E-state index is 12.8. The normalized spacial score (nSPS) is 19.9. The van der Waals surface area contributed by atoms with Gasteiger partial charge in [0.25, 0.3) is 5.91 Å². The van der Waals surface area contributed by atoms with Crippen molar-refractivity contribution in [3.8, 4) is 11.5 Å². The van der Waals surface area contributed by atoms with Crippen molar-refractivity contribution >= 4 is 17.2 Å². The summed E-state index contributed by atoms with van der Waals surface area (Å²) in [5.41, 5.74) is 3.66. The van der Waals surface area contributed by atoms with Gasteiger partial charge in [-0.25, -0.2) is 4.98 Å². The summed E-state index contributed by atoms with van der Waals surface area (Å²) in [4.78, 5) is 19.7. The highest BCUT2D eigenvalue weighted by Gasteiger charge is 2.32. The van der Waals surface area contributed by atoms with E-state index in [1.807, 2.05) is 30.0 Å². The number of amides is 1. The minimum Gasteiger partial charge on any atom is -0.486 e. The molecule has 0 saturated carbocycles. The van der Waals surface area contributed by atoms with Crippen LogP contribution in [0.15, 0.2) is 23.7 Å². The Morgan fingerprint density at radius 3 is 2.91 bits per heavy atom. The molecule has 1 saturated heterocycles. The molecular weight excluding hydrogens is 312 g/mol. The molecule has 2 aliphatic heterocycles. The van der Waals surface area contributed by atoms with Gasteiger partial charge >= 0.3 is 0 Å². The van der Waals surface area contributed by atoms with E-state index in [2.05, 4.69) is 4.98 Å². The summed E-state index contributed by atoms with van der Waals surface area (Å²) in [6.45, 7) is 3.84. The lowest BCUT2D eigenvalue weighted by Gasteiger charge is -2.26. The molecule has 0 radical (unpaired) electrons. The van der Waals surface area contributed by atoms with Crippen LogP contribution in [0.5, 0.6) is 11.5 Å². The minimum absolute atomic E-state index is 0.0855. The van der Waals surface area contributed by atoms with E-state index >= 15 is 0 Å². The third kappa shape index (κ3) is 2.57. The molecule has 0 bridgehead atoms. The average Bonchev–Trinajstić information content (AvgIpc) is 3.22. The van der Waals surface area contributed by atoms with Gasteiger partial charge in [0.2, 0.25) is 0 Å². The van der Waals surface area contributed by atoms with E-state index in [0.29, 0.717) is 13.2 Å². The van der Waals surface area contributed by atoms with Crippen LogP contribution in [0.3, 0.4) is 0 Å². The van der Waals surface area contributed by atoms with Gasteiger partial charge in [-0.1, -0.05) is 6.07 Å². The Morgan fingerprint density at radius 2 is 2.13 bits per heavy atom. The van der Waals surface area contributed by atoms with Crippen LogP contribution in [-0.4, -0.2) is 35.5 Å². The number of hydrogen-bond donors (Lipinski definition) is 0. The number of benzene rings is 1. The second kappa shape index (κ2) is 5.85. The van der Waals surface area contributed by atoms with Gasteiger partial charge in [0.05, 0.1) is 17.2 Å². The number of fused-ring (bicyclic) bond motifs is 1. The molecule has 1 fully saturated rings. The molecule has 1 aromatic heterocycles. The number of ether oxygens (including phenoxy) is 2. The van der Waals surface area contributed by atoms with E-state index in [1.165, 1.54) is 11.3 Å². The van der Waals surface area contributed by atoms with Crippen molar-refractivity contribution in [2.45, 2.75) is 25.8 Å². The molecule has 2 aromatic rings. The first-order valence-corrected chi connectivity index (χ1v) is 8.72. The van der Waals surface area contributed by atoms with Gasteiger partial charge in [-0.2, -0.15) is 0 Å². The van der Waals surface area contributed by atoms with E-state index in [9.17, 15) is 4.79 Å². The van der Waals surface area contributed by atoms with Gasteiger partial charge in [0.1, 0.15) is 18.1 Å². The summed E-state index contributed by atoms with van der Waals surface area (Å²) in [5.74, 6) is 1.65. The molecule has 5 nitrogen and oxygen atoms in total. The van der Waals surface area contributed by atoms with Crippen LogP contribution in [0.4, 0.5) is 0 Å². The van der Waals surface area contributed by atoms with Crippen LogP contribution < -0.4 is 9.47 Å². The summed E-state index contributed by atoms with van der Waals surface area (Å²) in [6.07, 6.45) is 1.99. The molecule has 1 atom stereocenters. The summed E-state index contributed by atoms with van der Waals surface area (Å²) >= 11 is 1.42. The Labute approximate surface area is 138 Å². The van der Waals surface area contributed by atoms with Gasteiger partial charge in [0.15, 0.2) is 11.5 Å². The number of rotatable bonds is 2. The zero-order valence-electron chi connectivity index (χ0n) is 12.9. The molecule has 0 N–H and O–H groups in total. The summed E-state index contributed by atoms with van der Waals surface area (Å²) in [6, 6.07) is 6.11. The number of carbonyl (C=O) groups is 1. The Kier molecular flexibility index (Phi) is 3.69. The first-order valence-electron chi connectivity index (χ1n) is 7.84.